The minimum Gasteiger partial charge on any atom is -0.298 e. The van der Waals surface area contributed by atoms with E-state index in [9.17, 15) is 4.79 Å². The highest BCUT2D eigenvalue weighted by Crippen LogP contribution is 2.09. The Morgan fingerprint density at radius 2 is 1.65 bits per heavy atom. The molecule has 0 aliphatic heterocycles. The summed E-state index contributed by atoms with van der Waals surface area (Å²) in [6.07, 6.45) is 7.17. The van der Waals surface area contributed by atoms with E-state index in [0.717, 1.165) is 55.9 Å². The summed E-state index contributed by atoms with van der Waals surface area (Å²) in [4.78, 5) is 11.1. The van der Waals surface area contributed by atoms with Crippen molar-refractivity contribution in [3.8, 4) is 23.7 Å². The first-order valence-corrected chi connectivity index (χ1v) is 7.38. The van der Waals surface area contributed by atoms with Crippen molar-refractivity contribution in [1.29, 1.82) is 0 Å². The normalized spacial score (nSPS) is 9.10. The summed E-state index contributed by atoms with van der Waals surface area (Å²) in [5, 5.41) is 0. The van der Waals surface area contributed by atoms with E-state index in [2.05, 4.69) is 37.5 Å². The van der Waals surface area contributed by atoms with Crippen molar-refractivity contribution in [2.45, 2.75) is 52.4 Å². The average Bonchev–Trinajstić information content (AvgIpc) is 2.49. The van der Waals surface area contributed by atoms with Gasteiger partial charge in [-0.2, -0.15) is 0 Å². The van der Waals surface area contributed by atoms with Crippen LogP contribution in [0.15, 0.2) is 18.2 Å². The number of carbonyl (C=O) groups excluding carboxylic acids is 1. The molecule has 0 heterocycles. The number of benzene rings is 1. The summed E-state index contributed by atoms with van der Waals surface area (Å²) in [7, 11) is 0. The predicted molar refractivity (Wildman–Crippen MR) is 84.6 cm³/mol. The summed E-state index contributed by atoms with van der Waals surface area (Å²) in [5.74, 6) is 12.4. The highest BCUT2D eigenvalue weighted by molar-refractivity contribution is 5.80. The van der Waals surface area contributed by atoms with Crippen LogP contribution >= 0.6 is 0 Å². The Balaban J connectivity index is 2.80. The molecule has 0 aliphatic carbocycles. The predicted octanol–water partition coefficient (Wildman–Crippen LogP) is 4.58. The van der Waals surface area contributed by atoms with E-state index < -0.39 is 0 Å². The van der Waals surface area contributed by atoms with Crippen molar-refractivity contribution in [1.82, 2.24) is 0 Å². The quantitative estimate of drug-likeness (QED) is 0.433. The zero-order valence-corrected chi connectivity index (χ0v) is 12.5. The van der Waals surface area contributed by atoms with Gasteiger partial charge in [0.05, 0.1) is 0 Å². The standard InChI is InChI=1S/C19H22O/c1-3-5-7-9-11-17-13-14-18(19(15-17)16-20)12-10-8-6-4-2/h13-16H,3-8H2,1-2H3. The Morgan fingerprint density at radius 3 is 2.25 bits per heavy atom. The average molecular weight is 266 g/mol. The zero-order chi connectivity index (χ0) is 14.6. The molecule has 0 unspecified atom stereocenters. The van der Waals surface area contributed by atoms with Crippen molar-refractivity contribution in [3.05, 3.63) is 34.9 Å². The minimum atomic E-state index is 0.635. The van der Waals surface area contributed by atoms with Gasteiger partial charge in [-0.05, 0) is 31.0 Å². The molecule has 0 amide bonds. The second-order valence-corrected chi connectivity index (χ2v) is 4.73. The molecular formula is C19H22O. The molecule has 1 heteroatoms. The van der Waals surface area contributed by atoms with Crippen LogP contribution in [0.5, 0.6) is 0 Å². The molecule has 0 bridgehead atoms. The van der Waals surface area contributed by atoms with Crippen LogP contribution in [0, 0.1) is 23.7 Å². The Labute approximate surface area is 122 Å². The fraction of sp³-hybridized carbons (Fsp3) is 0.421. The Morgan fingerprint density at radius 1 is 1.00 bits per heavy atom. The van der Waals surface area contributed by atoms with E-state index in [-0.39, 0.29) is 0 Å². The molecule has 1 rings (SSSR count). The molecule has 0 aromatic heterocycles. The topological polar surface area (TPSA) is 17.1 Å². The van der Waals surface area contributed by atoms with Crippen molar-refractivity contribution < 1.29 is 4.79 Å². The molecule has 0 N–H and O–H groups in total. The van der Waals surface area contributed by atoms with Crippen LogP contribution in [0.1, 0.15) is 73.9 Å². The molecule has 1 aromatic rings. The van der Waals surface area contributed by atoms with Crippen LogP contribution < -0.4 is 0 Å². The molecule has 0 saturated heterocycles. The molecule has 0 saturated carbocycles. The second kappa shape index (κ2) is 9.88. The maximum absolute atomic E-state index is 11.1. The summed E-state index contributed by atoms with van der Waals surface area (Å²) in [5.41, 5.74) is 2.33. The highest BCUT2D eigenvalue weighted by Gasteiger charge is 1.99. The van der Waals surface area contributed by atoms with Gasteiger partial charge in [0.15, 0.2) is 6.29 Å². The van der Waals surface area contributed by atoms with E-state index in [1.165, 1.54) is 0 Å². The number of hydrogen-bond donors (Lipinski definition) is 0. The third-order valence-electron chi connectivity index (χ3n) is 2.94. The lowest BCUT2D eigenvalue weighted by Gasteiger charge is -1.98. The van der Waals surface area contributed by atoms with Crippen LogP contribution in [-0.4, -0.2) is 6.29 Å². The van der Waals surface area contributed by atoms with Crippen LogP contribution in [-0.2, 0) is 0 Å². The maximum atomic E-state index is 11.1. The van der Waals surface area contributed by atoms with Crippen LogP contribution in [0.3, 0.4) is 0 Å². The summed E-state index contributed by atoms with van der Waals surface area (Å²) < 4.78 is 0. The van der Waals surface area contributed by atoms with E-state index in [1.54, 1.807) is 0 Å². The van der Waals surface area contributed by atoms with Gasteiger partial charge in [-0.25, -0.2) is 0 Å². The molecule has 1 nitrogen and oxygen atoms in total. The summed E-state index contributed by atoms with van der Waals surface area (Å²) in [6.45, 7) is 4.29. The van der Waals surface area contributed by atoms with Crippen LogP contribution in [0.4, 0.5) is 0 Å². The van der Waals surface area contributed by atoms with Gasteiger partial charge in [-0.1, -0.05) is 50.4 Å². The van der Waals surface area contributed by atoms with Crippen molar-refractivity contribution in [2.75, 3.05) is 0 Å². The van der Waals surface area contributed by atoms with Gasteiger partial charge < -0.3 is 0 Å². The van der Waals surface area contributed by atoms with E-state index >= 15 is 0 Å². The molecule has 20 heavy (non-hydrogen) atoms. The van der Waals surface area contributed by atoms with Crippen LogP contribution in [0.25, 0.3) is 0 Å². The lowest BCUT2D eigenvalue weighted by molar-refractivity contribution is 0.112. The first-order valence-electron chi connectivity index (χ1n) is 7.38. The van der Waals surface area contributed by atoms with Gasteiger partial charge in [0.2, 0.25) is 0 Å². The van der Waals surface area contributed by atoms with Gasteiger partial charge in [0.25, 0.3) is 0 Å². The monoisotopic (exact) mass is 266 g/mol. The number of rotatable bonds is 5. The molecule has 0 radical (unpaired) electrons. The number of unbranched alkanes of at least 4 members (excludes halogenated alkanes) is 4. The maximum Gasteiger partial charge on any atom is 0.151 e. The molecular weight excluding hydrogens is 244 g/mol. The fourth-order valence-electron chi connectivity index (χ4n) is 1.70. The van der Waals surface area contributed by atoms with Gasteiger partial charge >= 0.3 is 0 Å². The van der Waals surface area contributed by atoms with Gasteiger partial charge in [0, 0.05) is 29.5 Å². The number of carbonyl (C=O) groups is 1. The van der Waals surface area contributed by atoms with E-state index in [4.69, 9.17) is 0 Å². The number of aldehydes is 1. The fourth-order valence-corrected chi connectivity index (χ4v) is 1.70. The van der Waals surface area contributed by atoms with Crippen LogP contribution in [0.2, 0.25) is 0 Å². The molecule has 0 fully saturated rings. The van der Waals surface area contributed by atoms with Gasteiger partial charge in [0.1, 0.15) is 0 Å². The summed E-state index contributed by atoms with van der Waals surface area (Å²) >= 11 is 0. The molecule has 0 aliphatic rings. The Bertz CT molecular complexity index is 547. The molecule has 1 aromatic carbocycles. The van der Waals surface area contributed by atoms with Crippen molar-refractivity contribution in [3.63, 3.8) is 0 Å². The first kappa shape index (κ1) is 16.1. The van der Waals surface area contributed by atoms with Crippen molar-refractivity contribution in [2.24, 2.45) is 0 Å². The molecule has 0 atom stereocenters. The van der Waals surface area contributed by atoms with Gasteiger partial charge in [-0.15, -0.1) is 0 Å². The van der Waals surface area contributed by atoms with Gasteiger partial charge in [-0.3, -0.25) is 4.79 Å². The molecule has 0 spiro atoms. The van der Waals surface area contributed by atoms with E-state index in [1.807, 2.05) is 18.2 Å². The SMILES string of the molecule is CCCCC#Cc1ccc(C#CCCCC)c(C=O)c1. The summed E-state index contributed by atoms with van der Waals surface area (Å²) in [6, 6.07) is 5.66. The third kappa shape index (κ3) is 5.77. The Kier molecular flexibility index (Phi) is 7.93. The lowest BCUT2D eigenvalue weighted by Crippen LogP contribution is -1.89. The van der Waals surface area contributed by atoms with Crippen molar-refractivity contribution >= 4 is 6.29 Å². The molecule has 104 valence electrons. The minimum absolute atomic E-state index is 0.635. The third-order valence-corrected chi connectivity index (χ3v) is 2.94. The first-order chi connectivity index (χ1) is 9.81. The van der Waals surface area contributed by atoms with E-state index in [0.29, 0.717) is 5.56 Å². The largest absolute Gasteiger partial charge is 0.298 e. The number of hydrogen-bond acceptors (Lipinski definition) is 1. The smallest absolute Gasteiger partial charge is 0.151 e. The Hall–Kier alpha value is -1.99. The second-order valence-electron chi connectivity index (χ2n) is 4.73. The zero-order valence-electron chi connectivity index (χ0n) is 12.5. The lowest BCUT2D eigenvalue weighted by atomic mass is 10.0. The highest BCUT2D eigenvalue weighted by atomic mass is 16.1.